The summed E-state index contributed by atoms with van der Waals surface area (Å²) in [6, 6.07) is 7.65. The molecule has 2 rings (SSSR count). The summed E-state index contributed by atoms with van der Waals surface area (Å²) in [5, 5.41) is 10.6. The zero-order valence-corrected chi connectivity index (χ0v) is 26.4. The number of rotatable bonds is 17. The summed E-state index contributed by atoms with van der Waals surface area (Å²) in [7, 11) is 0. The minimum absolute atomic E-state index is 0.0847. The van der Waals surface area contributed by atoms with Crippen LogP contribution in [-0.4, -0.2) is 54.1 Å². The predicted molar refractivity (Wildman–Crippen MR) is 163 cm³/mol. The fourth-order valence-electron chi connectivity index (χ4n) is 4.42. The Labute approximate surface area is 253 Å². The van der Waals surface area contributed by atoms with Gasteiger partial charge in [0.05, 0.1) is 12.3 Å². The molecule has 0 fully saturated rings. The van der Waals surface area contributed by atoms with Gasteiger partial charge in [-0.05, 0) is 43.6 Å². The number of carbonyl (C=O) groups is 4. The van der Waals surface area contributed by atoms with Crippen LogP contribution in [0.25, 0.3) is 0 Å². The molecule has 0 spiro atoms. The van der Waals surface area contributed by atoms with Gasteiger partial charge in [0.2, 0.25) is 16.8 Å². The van der Waals surface area contributed by atoms with E-state index in [2.05, 4.69) is 34.8 Å². The zero-order valence-electron chi connectivity index (χ0n) is 25.6. The lowest BCUT2D eigenvalue weighted by Gasteiger charge is -2.25. The summed E-state index contributed by atoms with van der Waals surface area (Å²) < 4.78 is 10.4. The van der Waals surface area contributed by atoms with Crippen LogP contribution in [0.3, 0.4) is 0 Å². The van der Waals surface area contributed by atoms with Crippen LogP contribution in [0.1, 0.15) is 94.2 Å². The molecule has 0 unspecified atom stereocenters. The van der Waals surface area contributed by atoms with E-state index in [4.69, 9.17) is 9.47 Å². The van der Waals surface area contributed by atoms with Gasteiger partial charge >= 0.3 is 12.1 Å². The van der Waals surface area contributed by atoms with Crippen molar-refractivity contribution in [2.24, 2.45) is 11.8 Å². The van der Waals surface area contributed by atoms with E-state index >= 15 is 0 Å². The van der Waals surface area contributed by atoms with E-state index in [1.807, 2.05) is 56.5 Å². The molecular formula is C31H46N4O6S. The lowest BCUT2D eigenvalue weighted by atomic mass is 9.94. The largest absolute Gasteiger partial charge is 0.461 e. The summed E-state index contributed by atoms with van der Waals surface area (Å²) >= 11 is 1.22. The Morgan fingerprint density at radius 2 is 1.57 bits per heavy atom. The number of ether oxygens (including phenoxy) is 2. The highest BCUT2D eigenvalue weighted by Crippen LogP contribution is 2.25. The number of alkyl carbamates (subject to hydrolysis) is 1. The van der Waals surface area contributed by atoms with E-state index in [0.29, 0.717) is 31.7 Å². The van der Waals surface area contributed by atoms with Gasteiger partial charge in [0.15, 0.2) is 0 Å². The molecule has 0 saturated carbocycles. The summed E-state index contributed by atoms with van der Waals surface area (Å²) in [5.74, 6) is -0.874. The summed E-state index contributed by atoms with van der Waals surface area (Å²) in [6.45, 7) is 12.4. The van der Waals surface area contributed by atoms with Crippen LogP contribution in [-0.2, 0) is 25.7 Å². The van der Waals surface area contributed by atoms with Crippen molar-refractivity contribution in [3.8, 4) is 0 Å². The van der Waals surface area contributed by atoms with Crippen molar-refractivity contribution in [1.29, 1.82) is 0 Å². The molecule has 0 aliphatic carbocycles. The maximum Gasteiger partial charge on any atom is 0.408 e. The molecule has 1 heterocycles. The van der Waals surface area contributed by atoms with Crippen LogP contribution in [0.5, 0.6) is 0 Å². The quantitative estimate of drug-likeness (QED) is 0.212. The molecule has 0 radical (unpaired) electrons. The second kappa shape index (κ2) is 18.1. The van der Waals surface area contributed by atoms with Crippen molar-refractivity contribution >= 4 is 35.2 Å². The molecule has 1 aromatic heterocycles. The number of benzene rings is 1. The van der Waals surface area contributed by atoms with Gasteiger partial charge in [-0.3, -0.25) is 9.59 Å². The number of nitrogens with one attached hydrogen (secondary N) is 3. The van der Waals surface area contributed by atoms with E-state index in [9.17, 15) is 19.2 Å². The molecule has 0 saturated heterocycles. The molecule has 11 heteroatoms. The Balaban J connectivity index is 2.04. The Kier molecular flexibility index (Phi) is 15.0. The SMILES string of the molecule is CCC[C@H](NC(=O)[C@H](CC(C)C)NC(=O)OCc1ccccc1)C(=O)NC[C@H](CC(C)C)c1csc(C(=O)OCC)n1. The van der Waals surface area contributed by atoms with Crippen molar-refractivity contribution in [3.63, 3.8) is 0 Å². The second-order valence-electron chi connectivity index (χ2n) is 11.1. The molecule has 3 atom stereocenters. The first-order valence-electron chi connectivity index (χ1n) is 14.7. The topological polar surface area (TPSA) is 136 Å². The number of carbonyl (C=O) groups excluding carboxylic acids is 4. The highest BCUT2D eigenvalue weighted by Gasteiger charge is 2.28. The fourth-order valence-corrected chi connectivity index (χ4v) is 5.22. The van der Waals surface area contributed by atoms with Crippen molar-refractivity contribution in [3.05, 3.63) is 52.0 Å². The molecule has 0 aliphatic heterocycles. The number of nitrogens with zero attached hydrogens (tertiary/aromatic N) is 1. The van der Waals surface area contributed by atoms with Crippen LogP contribution in [0, 0.1) is 11.8 Å². The molecule has 3 amide bonds. The van der Waals surface area contributed by atoms with Gasteiger partial charge in [-0.1, -0.05) is 71.4 Å². The Morgan fingerprint density at radius 1 is 0.881 bits per heavy atom. The van der Waals surface area contributed by atoms with Crippen LogP contribution in [0.4, 0.5) is 4.79 Å². The van der Waals surface area contributed by atoms with E-state index in [1.165, 1.54) is 11.3 Å². The summed E-state index contributed by atoms with van der Waals surface area (Å²) in [5.41, 5.74) is 1.56. The number of esters is 1. The fraction of sp³-hybridized carbons (Fsp3) is 0.581. The van der Waals surface area contributed by atoms with E-state index in [1.54, 1.807) is 6.92 Å². The first-order chi connectivity index (χ1) is 20.0. The number of thiazole rings is 1. The molecule has 1 aromatic carbocycles. The van der Waals surface area contributed by atoms with Crippen molar-refractivity contribution in [2.75, 3.05) is 13.2 Å². The third-order valence-electron chi connectivity index (χ3n) is 6.41. The molecule has 3 N–H and O–H groups in total. The first kappa shape index (κ1) is 34.7. The molecule has 2 aromatic rings. The van der Waals surface area contributed by atoms with Crippen molar-refractivity contribution in [2.45, 2.75) is 91.8 Å². The molecular weight excluding hydrogens is 556 g/mol. The summed E-state index contributed by atoms with van der Waals surface area (Å²) in [6.07, 6.45) is 1.55. The van der Waals surface area contributed by atoms with Gasteiger partial charge in [0.25, 0.3) is 0 Å². The average molecular weight is 603 g/mol. The minimum atomic E-state index is -0.856. The number of aromatic nitrogens is 1. The van der Waals surface area contributed by atoms with E-state index in [-0.39, 0.29) is 36.0 Å². The molecule has 232 valence electrons. The van der Waals surface area contributed by atoms with Gasteiger partial charge in [-0.2, -0.15) is 0 Å². The maximum atomic E-state index is 13.3. The number of amides is 3. The Bertz CT molecular complexity index is 1140. The number of hydrogen-bond donors (Lipinski definition) is 3. The average Bonchev–Trinajstić information content (AvgIpc) is 3.44. The Hall–Kier alpha value is -3.47. The zero-order chi connectivity index (χ0) is 31.1. The van der Waals surface area contributed by atoms with E-state index < -0.39 is 30.1 Å². The lowest BCUT2D eigenvalue weighted by molar-refractivity contribution is -0.130. The molecule has 42 heavy (non-hydrogen) atoms. The highest BCUT2D eigenvalue weighted by atomic mass is 32.1. The number of hydrogen-bond acceptors (Lipinski definition) is 8. The third-order valence-corrected chi connectivity index (χ3v) is 7.25. The predicted octanol–water partition coefficient (Wildman–Crippen LogP) is 5.19. The van der Waals surface area contributed by atoms with Crippen LogP contribution >= 0.6 is 11.3 Å². The molecule has 0 bridgehead atoms. The molecule has 10 nitrogen and oxygen atoms in total. The van der Waals surface area contributed by atoms with E-state index in [0.717, 1.165) is 17.7 Å². The van der Waals surface area contributed by atoms with Crippen molar-refractivity contribution < 1.29 is 28.7 Å². The monoisotopic (exact) mass is 602 g/mol. The van der Waals surface area contributed by atoms with Crippen molar-refractivity contribution in [1.82, 2.24) is 20.9 Å². The highest BCUT2D eigenvalue weighted by molar-refractivity contribution is 7.11. The second-order valence-corrected chi connectivity index (χ2v) is 12.0. The van der Waals surface area contributed by atoms with Gasteiger partial charge in [-0.15, -0.1) is 11.3 Å². The van der Waals surface area contributed by atoms with Crippen LogP contribution in [0.15, 0.2) is 35.7 Å². The third kappa shape index (κ3) is 12.2. The van der Waals surface area contributed by atoms with Gasteiger partial charge in [-0.25, -0.2) is 14.6 Å². The molecule has 0 aliphatic rings. The Morgan fingerprint density at radius 3 is 2.19 bits per heavy atom. The van der Waals surface area contributed by atoms with Gasteiger partial charge in [0.1, 0.15) is 18.7 Å². The maximum absolute atomic E-state index is 13.3. The van der Waals surface area contributed by atoms with Crippen LogP contribution in [0.2, 0.25) is 0 Å². The van der Waals surface area contributed by atoms with Crippen LogP contribution < -0.4 is 16.0 Å². The normalized spacial score (nSPS) is 13.2. The lowest BCUT2D eigenvalue weighted by Crippen LogP contribution is -2.54. The van der Waals surface area contributed by atoms with Gasteiger partial charge in [0, 0.05) is 17.8 Å². The standard InChI is InChI=1S/C31H46N4O6S/c1-7-12-24(27(36)32-17-23(15-20(3)4)26-19-42-29(34-26)30(38)40-8-2)33-28(37)25(16-21(5)6)35-31(39)41-18-22-13-10-9-11-14-22/h9-11,13-14,19-21,23-25H,7-8,12,15-18H2,1-6H3,(H,32,36)(H,33,37)(H,35,39)/t23-,24-,25-/m0/s1. The van der Waals surface area contributed by atoms with Gasteiger partial charge < -0.3 is 25.4 Å². The minimum Gasteiger partial charge on any atom is -0.461 e. The first-order valence-corrected chi connectivity index (χ1v) is 15.6. The smallest absolute Gasteiger partial charge is 0.408 e. The summed E-state index contributed by atoms with van der Waals surface area (Å²) in [4.78, 5) is 55.7.